The highest BCUT2D eigenvalue weighted by Crippen LogP contribution is 2.29. The number of furan rings is 1. The Morgan fingerprint density at radius 1 is 1.06 bits per heavy atom. The van der Waals surface area contributed by atoms with Crippen LogP contribution < -0.4 is 16.0 Å². The van der Waals surface area contributed by atoms with E-state index in [1.807, 2.05) is 0 Å². The Balaban J connectivity index is 1.44. The van der Waals surface area contributed by atoms with E-state index in [0.717, 1.165) is 4.90 Å². The highest BCUT2D eigenvalue weighted by atomic mass is 19.1. The number of para-hydroxylation sites is 1. The molecule has 0 saturated carbocycles. The fourth-order valence-electron chi connectivity index (χ4n) is 3.62. The van der Waals surface area contributed by atoms with Crippen molar-refractivity contribution in [3.05, 3.63) is 89.6 Å². The quantitative estimate of drug-likeness (QED) is 0.465. The summed E-state index contributed by atoms with van der Waals surface area (Å²) in [4.78, 5) is 51.5. The second-order valence-electron chi connectivity index (χ2n) is 7.81. The first-order valence-corrected chi connectivity index (χ1v) is 10.4. The molecule has 34 heavy (non-hydrogen) atoms. The van der Waals surface area contributed by atoms with Gasteiger partial charge in [0.15, 0.2) is 0 Å². The van der Waals surface area contributed by atoms with E-state index < -0.39 is 41.7 Å². The lowest BCUT2D eigenvalue weighted by molar-refractivity contribution is -0.133. The van der Waals surface area contributed by atoms with Crippen LogP contribution in [0.1, 0.15) is 28.6 Å². The molecule has 2 heterocycles. The van der Waals surface area contributed by atoms with E-state index in [9.17, 15) is 23.6 Å². The third-order valence-corrected chi connectivity index (χ3v) is 5.45. The van der Waals surface area contributed by atoms with Gasteiger partial charge in [-0.15, -0.1) is 0 Å². The van der Waals surface area contributed by atoms with E-state index in [0.29, 0.717) is 11.3 Å². The molecule has 174 valence electrons. The summed E-state index contributed by atoms with van der Waals surface area (Å²) in [6.45, 7) is 1.08. The van der Waals surface area contributed by atoms with Crippen LogP contribution in [-0.4, -0.2) is 35.2 Å². The Kier molecular flexibility index (Phi) is 6.13. The molecule has 0 bridgehead atoms. The van der Waals surface area contributed by atoms with Crippen LogP contribution in [0.25, 0.3) is 0 Å². The van der Waals surface area contributed by atoms with Crippen molar-refractivity contribution in [1.82, 2.24) is 15.5 Å². The molecule has 3 N–H and O–H groups in total. The number of hydrogen-bond donors (Lipinski definition) is 3. The van der Waals surface area contributed by atoms with Crippen molar-refractivity contribution >= 4 is 29.4 Å². The molecule has 2 aromatic carbocycles. The van der Waals surface area contributed by atoms with Crippen molar-refractivity contribution in [3.63, 3.8) is 0 Å². The number of nitrogens with one attached hydrogen (secondary N) is 3. The number of nitrogens with zero attached hydrogens (tertiary/aromatic N) is 1. The summed E-state index contributed by atoms with van der Waals surface area (Å²) in [6, 6.07) is 14.2. The maximum atomic E-state index is 13.3. The van der Waals surface area contributed by atoms with Crippen LogP contribution in [-0.2, 0) is 21.7 Å². The maximum absolute atomic E-state index is 13.3. The molecule has 9 nitrogen and oxygen atoms in total. The van der Waals surface area contributed by atoms with Gasteiger partial charge in [0.1, 0.15) is 23.7 Å². The largest absolute Gasteiger partial charge is 0.467 e. The third-order valence-electron chi connectivity index (χ3n) is 5.45. The van der Waals surface area contributed by atoms with E-state index in [-0.39, 0.29) is 17.8 Å². The zero-order chi connectivity index (χ0) is 24.3. The van der Waals surface area contributed by atoms with Crippen molar-refractivity contribution in [2.45, 2.75) is 19.0 Å². The van der Waals surface area contributed by atoms with Crippen LogP contribution in [0.15, 0.2) is 71.3 Å². The average molecular weight is 464 g/mol. The number of benzene rings is 2. The summed E-state index contributed by atoms with van der Waals surface area (Å²) >= 11 is 0. The predicted molar refractivity (Wildman–Crippen MR) is 119 cm³/mol. The Bertz CT molecular complexity index is 1240. The number of rotatable bonds is 7. The minimum atomic E-state index is -1.44. The van der Waals surface area contributed by atoms with E-state index in [4.69, 9.17) is 4.42 Å². The van der Waals surface area contributed by atoms with Crippen LogP contribution in [0.2, 0.25) is 0 Å². The molecule has 0 aliphatic carbocycles. The van der Waals surface area contributed by atoms with Gasteiger partial charge in [0.2, 0.25) is 5.91 Å². The second-order valence-corrected chi connectivity index (χ2v) is 7.81. The zero-order valence-electron chi connectivity index (χ0n) is 18.1. The number of urea groups is 1. The van der Waals surface area contributed by atoms with Gasteiger partial charge in [0.25, 0.3) is 11.8 Å². The normalized spacial score (nSPS) is 17.4. The maximum Gasteiger partial charge on any atom is 0.325 e. The Hall–Kier alpha value is -4.47. The molecule has 1 aliphatic heterocycles. The van der Waals surface area contributed by atoms with Crippen molar-refractivity contribution < 1.29 is 28.0 Å². The Morgan fingerprint density at radius 2 is 1.79 bits per heavy atom. The molecule has 10 heteroatoms. The molecule has 0 spiro atoms. The molecule has 4 rings (SSSR count). The van der Waals surface area contributed by atoms with Gasteiger partial charge < -0.3 is 20.4 Å². The lowest BCUT2D eigenvalue weighted by Gasteiger charge is -2.22. The van der Waals surface area contributed by atoms with Crippen molar-refractivity contribution in [2.24, 2.45) is 0 Å². The van der Waals surface area contributed by atoms with Crippen LogP contribution in [0.3, 0.4) is 0 Å². The number of anilines is 1. The molecular weight excluding hydrogens is 443 g/mol. The molecule has 0 unspecified atom stereocenters. The van der Waals surface area contributed by atoms with Crippen LogP contribution in [0, 0.1) is 5.82 Å². The first kappa shape index (κ1) is 22.7. The van der Waals surface area contributed by atoms with Gasteiger partial charge in [-0.05, 0) is 48.9 Å². The summed E-state index contributed by atoms with van der Waals surface area (Å²) in [6.07, 6.45) is 1.49. The minimum absolute atomic E-state index is 0.165. The number of hydrogen-bond acceptors (Lipinski definition) is 5. The monoisotopic (exact) mass is 464 g/mol. The highest BCUT2D eigenvalue weighted by Gasteiger charge is 2.49. The SMILES string of the molecule is C[C@]1(c2ccc(F)cc2)NC(=O)N(CC(=O)Nc2ccccc2C(=O)NCc2ccco2)C1=O. The fourth-order valence-corrected chi connectivity index (χ4v) is 3.62. The van der Waals surface area contributed by atoms with Crippen molar-refractivity contribution in [3.8, 4) is 0 Å². The zero-order valence-corrected chi connectivity index (χ0v) is 18.1. The number of carbonyl (C=O) groups excluding carboxylic acids is 4. The molecule has 0 radical (unpaired) electrons. The summed E-state index contributed by atoms with van der Waals surface area (Å²) in [7, 11) is 0. The van der Waals surface area contributed by atoms with Crippen LogP contribution in [0.5, 0.6) is 0 Å². The molecule has 5 amide bonds. The summed E-state index contributed by atoms with van der Waals surface area (Å²) in [5.41, 5.74) is -0.628. The molecule has 1 aromatic heterocycles. The van der Waals surface area contributed by atoms with Gasteiger partial charge in [0.05, 0.1) is 24.1 Å². The van der Waals surface area contributed by atoms with Crippen LogP contribution in [0.4, 0.5) is 14.9 Å². The number of halogens is 1. The average Bonchev–Trinajstić information content (AvgIpc) is 3.41. The summed E-state index contributed by atoms with van der Waals surface area (Å²) in [5, 5.41) is 7.83. The van der Waals surface area contributed by atoms with E-state index in [2.05, 4.69) is 16.0 Å². The number of imide groups is 1. The predicted octanol–water partition coefficient (Wildman–Crippen LogP) is 2.75. The van der Waals surface area contributed by atoms with Gasteiger partial charge >= 0.3 is 6.03 Å². The molecule has 1 fully saturated rings. The second kappa shape index (κ2) is 9.18. The van der Waals surface area contributed by atoms with E-state index in [1.165, 1.54) is 49.6 Å². The van der Waals surface area contributed by atoms with Gasteiger partial charge in [0, 0.05) is 0 Å². The highest BCUT2D eigenvalue weighted by molar-refractivity contribution is 6.11. The summed E-state index contributed by atoms with van der Waals surface area (Å²) in [5.74, 6) is -1.67. The van der Waals surface area contributed by atoms with Crippen LogP contribution >= 0.6 is 0 Å². The lowest BCUT2D eigenvalue weighted by Crippen LogP contribution is -2.42. The first-order chi connectivity index (χ1) is 16.3. The lowest BCUT2D eigenvalue weighted by atomic mass is 9.92. The van der Waals surface area contributed by atoms with Gasteiger partial charge in [-0.25, -0.2) is 9.18 Å². The standard InChI is InChI=1S/C24H21FN4O5/c1-24(15-8-10-16(25)11-9-15)22(32)29(23(33)28-24)14-20(30)27-19-7-3-2-6-18(19)21(31)26-13-17-5-4-12-34-17/h2-12H,13-14H2,1H3,(H,26,31)(H,27,30)(H,28,33)/t24-/m1/s1. The number of carbonyl (C=O) groups is 4. The molecule has 1 aliphatic rings. The van der Waals surface area contributed by atoms with Crippen molar-refractivity contribution in [2.75, 3.05) is 11.9 Å². The first-order valence-electron chi connectivity index (χ1n) is 10.4. The topological polar surface area (TPSA) is 121 Å². The fraction of sp³-hybridized carbons (Fsp3) is 0.167. The van der Waals surface area contributed by atoms with E-state index in [1.54, 1.807) is 24.3 Å². The Morgan fingerprint density at radius 3 is 2.50 bits per heavy atom. The molecule has 1 saturated heterocycles. The molecular formula is C24H21FN4O5. The smallest absolute Gasteiger partial charge is 0.325 e. The van der Waals surface area contributed by atoms with E-state index >= 15 is 0 Å². The van der Waals surface area contributed by atoms with Gasteiger partial charge in [-0.2, -0.15) is 0 Å². The Labute approximate surface area is 193 Å². The minimum Gasteiger partial charge on any atom is -0.467 e. The summed E-state index contributed by atoms with van der Waals surface area (Å²) < 4.78 is 18.5. The van der Waals surface area contributed by atoms with Gasteiger partial charge in [-0.1, -0.05) is 24.3 Å². The van der Waals surface area contributed by atoms with Gasteiger partial charge in [-0.3, -0.25) is 19.3 Å². The van der Waals surface area contributed by atoms with Crippen molar-refractivity contribution in [1.29, 1.82) is 0 Å². The molecule has 1 atom stereocenters. The molecule has 3 aromatic rings. The number of amides is 5. The third kappa shape index (κ3) is 4.51.